The molecule has 3 N–H and O–H groups in total. The van der Waals surface area contributed by atoms with Crippen LogP contribution in [-0.4, -0.2) is 29.2 Å². The molecule has 0 bridgehead atoms. The van der Waals surface area contributed by atoms with Crippen LogP contribution in [0.1, 0.15) is 48.0 Å². The van der Waals surface area contributed by atoms with Crippen LogP contribution in [-0.2, 0) is 4.79 Å². The van der Waals surface area contributed by atoms with Gasteiger partial charge in [-0.3, -0.25) is 4.79 Å². The molecule has 18 heavy (non-hydrogen) atoms. The maximum Gasteiger partial charge on any atom is 0.315 e. The second-order valence-corrected chi connectivity index (χ2v) is 6.75. The Morgan fingerprint density at radius 2 is 1.61 bits per heavy atom. The predicted molar refractivity (Wildman–Crippen MR) is 71.5 cm³/mol. The number of hydrogen-bond acceptors (Lipinski definition) is 2. The fourth-order valence-corrected chi connectivity index (χ4v) is 1.50. The second kappa shape index (κ2) is 6.07. The molecule has 0 heterocycles. The average Bonchev–Trinajstić information content (AvgIpc) is 2.06. The van der Waals surface area contributed by atoms with Crippen LogP contribution in [0.15, 0.2) is 0 Å². The lowest BCUT2D eigenvalue weighted by Crippen LogP contribution is -2.48. The Bertz CT molecular complexity index is 300. The van der Waals surface area contributed by atoms with E-state index in [2.05, 4.69) is 10.6 Å². The van der Waals surface area contributed by atoms with Crippen LogP contribution in [0, 0.1) is 11.3 Å². The fraction of sp³-hybridized carbons (Fsp3) is 0.846. The maximum absolute atomic E-state index is 11.6. The number of aliphatic carboxylic acids is 1. The number of carboxylic acid groups (broad SMARTS) is 1. The zero-order valence-corrected chi connectivity index (χ0v) is 12.3. The van der Waals surface area contributed by atoms with Crippen molar-refractivity contribution in [2.45, 2.75) is 53.5 Å². The summed E-state index contributed by atoms with van der Waals surface area (Å²) >= 11 is 0. The standard InChI is InChI=1S/C13H26N2O3/c1-12(2,3)9(7-10(16)17)8-14-11(18)15-13(4,5)6/h9H,7-8H2,1-6H3,(H,16,17)(H2,14,15,18). The molecule has 5 heteroatoms. The topological polar surface area (TPSA) is 78.4 Å². The van der Waals surface area contributed by atoms with E-state index in [4.69, 9.17) is 5.11 Å². The molecule has 1 unspecified atom stereocenters. The summed E-state index contributed by atoms with van der Waals surface area (Å²) < 4.78 is 0. The minimum absolute atomic E-state index is 0.0549. The molecule has 0 radical (unpaired) electrons. The van der Waals surface area contributed by atoms with Crippen LogP contribution in [0.2, 0.25) is 0 Å². The second-order valence-electron chi connectivity index (χ2n) is 6.75. The van der Waals surface area contributed by atoms with Gasteiger partial charge in [-0.05, 0) is 32.1 Å². The quantitative estimate of drug-likeness (QED) is 0.723. The Morgan fingerprint density at radius 3 is 1.94 bits per heavy atom. The van der Waals surface area contributed by atoms with Crippen molar-refractivity contribution < 1.29 is 14.7 Å². The summed E-state index contributed by atoms with van der Waals surface area (Å²) in [6, 6.07) is -0.262. The molecule has 106 valence electrons. The number of urea groups is 1. The van der Waals surface area contributed by atoms with Gasteiger partial charge in [0.2, 0.25) is 0 Å². The van der Waals surface area contributed by atoms with Crippen molar-refractivity contribution in [3.8, 4) is 0 Å². The Hall–Kier alpha value is -1.26. The smallest absolute Gasteiger partial charge is 0.315 e. The van der Waals surface area contributed by atoms with Crippen molar-refractivity contribution in [1.29, 1.82) is 0 Å². The molecule has 0 aliphatic carbocycles. The molecule has 0 fully saturated rings. The van der Waals surface area contributed by atoms with Gasteiger partial charge in [0, 0.05) is 12.1 Å². The van der Waals surface area contributed by atoms with Crippen LogP contribution in [0.5, 0.6) is 0 Å². The number of hydrogen-bond donors (Lipinski definition) is 3. The van der Waals surface area contributed by atoms with Crippen LogP contribution in [0.3, 0.4) is 0 Å². The first-order chi connectivity index (χ1) is 7.92. The maximum atomic E-state index is 11.6. The SMILES string of the molecule is CC(C)(C)NC(=O)NCC(CC(=O)O)C(C)(C)C. The lowest BCUT2D eigenvalue weighted by Gasteiger charge is -2.30. The van der Waals surface area contributed by atoms with Crippen molar-refractivity contribution in [2.24, 2.45) is 11.3 Å². The van der Waals surface area contributed by atoms with E-state index in [0.29, 0.717) is 6.54 Å². The van der Waals surface area contributed by atoms with Crippen LogP contribution < -0.4 is 10.6 Å². The molecular weight excluding hydrogens is 232 g/mol. The van der Waals surface area contributed by atoms with Crippen molar-refractivity contribution >= 4 is 12.0 Å². The number of amides is 2. The van der Waals surface area contributed by atoms with E-state index < -0.39 is 5.97 Å². The molecule has 5 nitrogen and oxygen atoms in total. The van der Waals surface area contributed by atoms with Gasteiger partial charge in [0.25, 0.3) is 0 Å². The van der Waals surface area contributed by atoms with Crippen molar-refractivity contribution in [3.63, 3.8) is 0 Å². The van der Waals surface area contributed by atoms with Gasteiger partial charge < -0.3 is 15.7 Å². The largest absolute Gasteiger partial charge is 0.481 e. The van der Waals surface area contributed by atoms with Gasteiger partial charge >= 0.3 is 12.0 Å². The Labute approximate surface area is 109 Å². The Morgan fingerprint density at radius 1 is 1.11 bits per heavy atom. The molecule has 0 aliphatic rings. The summed E-state index contributed by atoms with van der Waals surface area (Å²) in [5, 5.41) is 14.4. The molecule has 0 aromatic carbocycles. The highest BCUT2D eigenvalue weighted by Crippen LogP contribution is 2.28. The minimum atomic E-state index is -0.840. The summed E-state index contributed by atoms with van der Waals surface area (Å²) in [5.41, 5.74) is -0.457. The zero-order chi connectivity index (χ0) is 14.6. The molecule has 0 aromatic heterocycles. The van der Waals surface area contributed by atoms with Gasteiger partial charge in [0.15, 0.2) is 0 Å². The first kappa shape index (κ1) is 16.7. The van der Waals surface area contributed by atoms with Crippen LogP contribution in [0.4, 0.5) is 4.79 Å². The van der Waals surface area contributed by atoms with Gasteiger partial charge in [-0.2, -0.15) is 0 Å². The van der Waals surface area contributed by atoms with Crippen LogP contribution >= 0.6 is 0 Å². The molecule has 0 rings (SSSR count). The highest BCUT2D eigenvalue weighted by Gasteiger charge is 2.27. The fourth-order valence-electron chi connectivity index (χ4n) is 1.50. The third-order valence-electron chi connectivity index (χ3n) is 2.64. The third kappa shape index (κ3) is 7.92. The minimum Gasteiger partial charge on any atom is -0.481 e. The third-order valence-corrected chi connectivity index (χ3v) is 2.64. The highest BCUT2D eigenvalue weighted by atomic mass is 16.4. The summed E-state index contributed by atoms with van der Waals surface area (Å²) in [7, 11) is 0. The molecule has 2 amide bonds. The Balaban J connectivity index is 4.36. The number of carbonyl (C=O) groups excluding carboxylic acids is 1. The zero-order valence-electron chi connectivity index (χ0n) is 12.3. The van der Waals surface area contributed by atoms with E-state index in [9.17, 15) is 9.59 Å². The van der Waals surface area contributed by atoms with E-state index in [1.54, 1.807) is 0 Å². The molecule has 0 aliphatic heterocycles. The van der Waals surface area contributed by atoms with E-state index in [1.807, 2.05) is 41.5 Å². The molecule has 0 saturated carbocycles. The lowest BCUT2D eigenvalue weighted by molar-refractivity contribution is -0.139. The molecule has 0 aromatic rings. The van der Waals surface area contributed by atoms with E-state index >= 15 is 0 Å². The summed E-state index contributed by atoms with van der Waals surface area (Å²) in [6.07, 6.45) is 0.0549. The summed E-state index contributed by atoms with van der Waals surface area (Å²) in [5.74, 6) is -0.936. The average molecular weight is 258 g/mol. The highest BCUT2D eigenvalue weighted by molar-refractivity contribution is 5.74. The number of carbonyl (C=O) groups is 2. The lowest BCUT2D eigenvalue weighted by atomic mass is 9.79. The van der Waals surface area contributed by atoms with E-state index in [1.165, 1.54) is 0 Å². The van der Waals surface area contributed by atoms with Crippen molar-refractivity contribution in [1.82, 2.24) is 10.6 Å². The number of carboxylic acids is 1. The first-order valence-corrected chi connectivity index (χ1v) is 6.19. The van der Waals surface area contributed by atoms with Gasteiger partial charge in [0.1, 0.15) is 0 Å². The Kier molecular flexibility index (Phi) is 5.64. The normalized spacial score (nSPS) is 13.9. The van der Waals surface area contributed by atoms with Gasteiger partial charge in [-0.25, -0.2) is 4.79 Å². The number of rotatable bonds is 4. The predicted octanol–water partition coefficient (Wildman–Crippen LogP) is 2.22. The van der Waals surface area contributed by atoms with E-state index in [0.717, 1.165) is 0 Å². The van der Waals surface area contributed by atoms with Crippen molar-refractivity contribution in [2.75, 3.05) is 6.54 Å². The van der Waals surface area contributed by atoms with Gasteiger partial charge in [0.05, 0.1) is 6.42 Å². The van der Waals surface area contributed by atoms with Crippen LogP contribution in [0.25, 0.3) is 0 Å². The van der Waals surface area contributed by atoms with E-state index in [-0.39, 0.29) is 29.3 Å². The van der Waals surface area contributed by atoms with Crippen molar-refractivity contribution in [3.05, 3.63) is 0 Å². The monoisotopic (exact) mass is 258 g/mol. The first-order valence-electron chi connectivity index (χ1n) is 6.19. The summed E-state index contributed by atoms with van der Waals surface area (Å²) in [6.45, 7) is 12.0. The van der Waals surface area contributed by atoms with Gasteiger partial charge in [-0.1, -0.05) is 20.8 Å². The molecule has 0 spiro atoms. The van der Waals surface area contributed by atoms with Gasteiger partial charge in [-0.15, -0.1) is 0 Å². The molecule has 0 saturated heterocycles. The number of nitrogens with one attached hydrogen (secondary N) is 2. The summed E-state index contributed by atoms with van der Waals surface area (Å²) in [4.78, 5) is 22.4. The molecule has 1 atom stereocenters. The molecular formula is C13H26N2O3.